The van der Waals surface area contributed by atoms with Crippen LogP contribution in [0.4, 0.5) is 0 Å². The zero-order valence-electron chi connectivity index (χ0n) is 38.6. The van der Waals surface area contributed by atoms with Gasteiger partial charge in [0, 0.05) is 52.9 Å². The second-order valence-electron chi connectivity index (χ2n) is 18.9. The van der Waals surface area contributed by atoms with E-state index in [9.17, 15) is 0 Å². The zero-order chi connectivity index (χ0) is 44.7. The standard InChI is InChI=1S/C56H60N6O4/c1-5-35-33-61-27-23-39(35)29-49(61)52(43-21-25-57-47-19-17-41(63-3)31-45(43)47)65-55-51(37-13-9-7-10-14-37)56(60-54(59-55)38-15-11-8-12-16-38)66-53(50-30-40-24-28-62(50)34-36(40)6-2)44-22-26-58-48-20-18-42(64-4)32-46(44)48/h7-22,25-26,31-32,35-36,39-40,49-50,52-53H,5-6,23-24,27-30,33-34H2,1-4H3/t35-,36?,39?,40+,49?,50?,52+,53?/m0/s1. The van der Waals surface area contributed by atoms with Crippen LogP contribution in [0, 0.1) is 23.7 Å². The van der Waals surface area contributed by atoms with Crippen molar-refractivity contribution in [3.63, 3.8) is 0 Å². The smallest absolute Gasteiger partial charge is 0.229 e. The summed E-state index contributed by atoms with van der Waals surface area (Å²) in [5.41, 5.74) is 6.48. The molecule has 4 aromatic carbocycles. The number of piperidine rings is 6. The predicted molar refractivity (Wildman–Crippen MR) is 260 cm³/mol. The average molecular weight is 881 g/mol. The minimum Gasteiger partial charge on any atom is -0.497 e. The third-order valence-electron chi connectivity index (χ3n) is 15.6. The fourth-order valence-electron chi connectivity index (χ4n) is 12.1. The van der Waals surface area contributed by atoms with Crippen molar-refractivity contribution >= 4 is 21.8 Å². The number of aromatic nitrogens is 4. The highest BCUT2D eigenvalue weighted by Crippen LogP contribution is 2.50. The van der Waals surface area contributed by atoms with E-state index >= 15 is 0 Å². The van der Waals surface area contributed by atoms with Gasteiger partial charge < -0.3 is 18.9 Å². The molecule has 6 saturated heterocycles. The van der Waals surface area contributed by atoms with Crippen LogP contribution in [0.15, 0.2) is 122 Å². The number of pyridine rings is 2. The van der Waals surface area contributed by atoms with E-state index in [4.69, 9.17) is 38.9 Å². The first kappa shape index (κ1) is 42.5. The van der Waals surface area contributed by atoms with Gasteiger partial charge in [-0.1, -0.05) is 87.4 Å². The molecule has 6 fully saturated rings. The Morgan fingerprint density at radius 3 is 1.47 bits per heavy atom. The van der Waals surface area contributed by atoms with Crippen molar-refractivity contribution < 1.29 is 18.9 Å². The number of fused-ring (bicyclic) bond motifs is 8. The maximum absolute atomic E-state index is 7.76. The molecule has 6 aliphatic rings. The Hall–Kier alpha value is -6.10. The lowest BCUT2D eigenvalue weighted by atomic mass is 9.72. The van der Waals surface area contributed by atoms with E-state index < -0.39 is 12.2 Å². The normalized spacial score (nSPS) is 25.4. The molecule has 3 aromatic heterocycles. The molecule has 0 radical (unpaired) electrons. The summed E-state index contributed by atoms with van der Waals surface area (Å²) in [6, 6.07) is 37.4. The van der Waals surface area contributed by atoms with Gasteiger partial charge in [0.25, 0.3) is 0 Å². The quantitative estimate of drug-likeness (QED) is 0.105. The Labute approximate surface area is 388 Å². The van der Waals surface area contributed by atoms with Crippen LogP contribution in [0.1, 0.15) is 75.7 Å². The second-order valence-corrected chi connectivity index (χ2v) is 18.9. The molecule has 66 heavy (non-hydrogen) atoms. The van der Waals surface area contributed by atoms with Crippen LogP contribution in [-0.2, 0) is 0 Å². The molecule has 13 rings (SSSR count). The molecule has 7 aromatic rings. The highest BCUT2D eigenvalue weighted by atomic mass is 16.5. The average Bonchev–Trinajstić information content (AvgIpc) is 3.39. The predicted octanol–water partition coefficient (Wildman–Crippen LogP) is 11.4. The molecule has 4 bridgehead atoms. The second kappa shape index (κ2) is 18.3. The maximum atomic E-state index is 7.76. The van der Waals surface area contributed by atoms with Crippen LogP contribution in [0.3, 0.4) is 0 Å². The summed E-state index contributed by atoms with van der Waals surface area (Å²) >= 11 is 0. The van der Waals surface area contributed by atoms with Crippen LogP contribution >= 0.6 is 0 Å². The molecular formula is C56H60N6O4. The van der Waals surface area contributed by atoms with Crippen molar-refractivity contribution in [3.05, 3.63) is 133 Å². The van der Waals surface area contributed by atoms with Crippen LogP contribution in [0.5, 0.6) is 23.3 Å². The van der Waals surface area contributed by atoms with Crippen molar-refractivity contribution in [1.29, 1.82) is 0 Å². The van der Waals surface area contributed by atoms with Gasteiger partial charge in [-0.2, -0.15) is 9.97 Å². The number of rotatable bonds is 14. The Bertz CT molecular complexity index is 2680. The molecule has 338 valence electrons. The maximum Gasteiger partial charge on any atom is 0.229 e. The monoisotopic (exact) mass is 880 g/mol. The highest BCUT2D eigenvalue weighted by Gasteiger charge is 2.47. The van der Waals surface area contributed by atoms with Crippen LogP contribution < -0.4 is 18.9 Å². The minimum absolute atomic E-state index is 0.106. The summed E-state index contributed by atoms with van der Waals surface area (Å²) in [6.45, 7) is 8.88. The van der Waals surface area contributed by atoms with Crippen LogP contribution in [0.2, 0.25) is 0 Å². The summed E-state index contributed by atoms with van der Waals surface area (Å²) in [6.07, 6.45) is 9.90. The van der Waals surface area contributed by atoms with Crippen LogP contribution in [0.25, 0.3) is 44.3 Å². The number of methoxy groups -OCH3 is 2. The number of ether oxygens (including phenoxy) is 4. The molecule has 0 spiro atoms. The molecule has 10 heteroatoms. The lowest BCUT2D eigenvalue weighted by Gasteiger charge is -2.52. The van der Waals surface area contributed by atoms with Crippen molar-refractivity contribution in [1.82, 2.24) is 29.7 Å². The summed E-state index contributed by atoms with van der Waals surface area (Å²) in [5, 5.41) is 2.02. The van der Waals surface area contributed by atoms with Crippen LogP contribution in [-0.4, -0.2) is 82.2 Å². The van der Waals surface area contributed by atoms with Gasteiger partial charge in [0.15, 0.2) is 5.82 Å². The van der Waals surface area contributed by atoms with Gasteiger partial charge >= 0.3 is 0 Å². The number of nitrogens with zero attached hydrogens (tertiary/aromatic N) is 6. The summed E-state index contributed by atoms with van der Waals surface area (Å²) in [4.78, 5) is 26.0. The Morgan fingerprint density at radius 1 is 0.576 bits per heavy atom. The molecule has 7 unspecified atom stereocenters. The Kier molecular flexibility index (Phi) is 11.8. The van der Waals surface area contributed by atoms with E-state index in [2.05, 4.69) is 90.4 Å². The van der Waals surface area contributed by atoms with E-state index in [0.717, 1.165) is 100 Å². The Morgan fingerprint density at radius 2 is 1.05 bits per heavy atom. The molecular weight excluding hydrogens is 821 g/mol. The SMILES string of the molecule is CCC1CN2CC[C@@H]1CC2C(Oc1nc(-c2ccccc2)nc(O[C@H](c2ccnc3ccc(OC)cc23)C2CC3CCN2C[C@@H]3CC)c1-c1ccccc1)c1ccnc2ccc(OC)cc12. The Balaban J connectivity index is 1.13. The molecule has 10 nitrogen and oxygen atoms in total. The van der Waals surface area contributed by atoms with Crippen molar-refractivity contribution in [2.24, 2.45) is 23.7 Å². The molecule has 0 amide bonds. The first-order valence-electron chi connectivity index (χ1n) is 24.2. The third kappa shape index (κ3) is 7.91. The number of benzene rings is 4. The minimum atomic E-state index is -0.393. The first-order valence-corrected chi connectivity index (χ1v) is 24.2. The molecule has 6 aliphatic heterocycles. The lowest BCUT2D eigenvalue weighted by Crippen LogP contribution is -2.56. The largest absolute Gasteiger partial charge is 0.497 e. The highest BCUT2D eigenvalue weighted by molar-refractivity contribution is 5.85. The fraction of sp³-hybridized carbons (Fsp3) is 0.393. The van der Waals surface area contributed by atoms with E-state index in [0.29, 0.717) is 41.3 Å². The molecule has 0 saturated carbocycles. The van der Waals surface area contributed by atoms with E-state index in [1.807, 2.05) is 54.9 Å². The first-order chi connectivity index (χ1) is 32.5. The topological polar surface area (TPSA) is 95.0 Å². The van der Waals surface area contributed by atoms with E-state index in [1.54, 1.807) is 14.2 Å². The van der Waals surface area contributed by atoms with Crippen molar-refractivity contribution in [2.75, 3.05) is 40.4 Å². The molecule has 0 N–H and O–H groups in total. The third-order valence-corrected chi connectivity index (χ3v) is 15.6. The van der Waals surface area contributed by atoms with Gasteiger partial charge in [-0.25, -0.2) is 0 Å². The van der Waals surface area contributed by atoms with E-state index in [1.165, 1.54) is 25.7 Å². The number of hydrogen-bond donors (Lipinski definition) is 0. The molecule has 0 aliphatic carbocycles. The van der Waals surface area contributed by atoms with Gasteiger partial charge in [-0.3, -0.25) is 19.8 Å². The summed E-state index contributed by atoms with van der Waals surface area (Å²) < 4.78 is 27.2. The summed E-state index contributed by atoms with van der Waals surface area (Å²) in [5.74, 6) is 5.70. The van der Waals surface area contributed by atoms with Gasteiger partial charge in [-0.15, -0.1) is 0 Å². The fourth-order valence-corrected chi connectivity index (χ4v) is 12.1. The summed E-state index contributed by atoms with van der Waals surface area (Å²) in [7, 11) is 3.44. The van der Waals surface area contributed by atoms with Gasteiger partial charge in [0.05, 0.1) is 37.3 Å². The molecule has 10 atom stereocenters. The lowest BCUT2D eigenvalue weighted by molar-refractivity contribution is -0.0510. The van der Waals surface area contributed by atoms with Gasteiger partial charge in [0.2, 0.25) is 11.8 Å². The van der Waals surface area contributed by atoms with Crippen molar-refractivity contribution in [3.8, 4) is 45.8 Å². The number of hydrogen-bond acceptors (Lipinski definition) is 10. The van der Waals surface area contributed by atoms with Crippen molar-refractivity contribution in [2.45, 2.75) is 76.7 Å². The van der Waals surface area contributed by atoms with Gasteiger partial charge in [-0.05, 0) is 117 Å². The molecule has 9 heterocycles. The van der Waals surface area contributed by atoms with E-state index in [-0.39, 0.29) is 12.1 Å². The zero-order valence-corrected chi connectivity index (χ0v) is 38.6. The van der Waals surface area contributed by atoms with Gasteiger partial charge in [0.1, 0.15) is 29.3 Å².